The van der Waals surface area contributed by atoms with Gasteiger partial charge in [-0.1, -0.05) is 37.5 Å². The van der Waals surface area contributed by atoms with E-state index in [1.165, 1.54) is 19.3 Å². The third kappa shape index (κ3) is 3.49. The van der Waals surface area contributed by atoms with Gasteiger partial charge in [0, 0.05) is 18.2 Å². The number of aromatic hydroxyl groups is 1. The van der Waals surface area contributed by atoms with E-state index >= 15 is 0 Å². The van der Waals surface area contributed by atoms with E-state index in [4.69, 9.17) is 0 Å². The number of rotatable bonds is 4. The van der Waals surface area contributed by atoms with E-state index in [0.29, 0.717) is 12.5 Å². The van der Waals surface area contributed by atoms with Crippen LogP contribution in [0.2, 0.25) is 0 Å². The summed E-state index contributed by atoms with van der Waals surface area (Å²) in [6, 6.07) is 7.50. The molecule has 0 saturated heterocycles. The zero-order valence-electron chi connectivity index (χ0n) is 11.6. The maximum absolute atomic E-state index is 12.4. The second kappa shape index (κ2) is 6.60. The molecule has 19 heavy (non-hydrogen) atoms. The molecule has 0 bridgehead atoms. The van der Waals surface area contributed by atoms with Crippen molar-refractivity contribution in [2.75, 3.05) is 6.54 Å². The lowest BCUT2D eigenvalue weighted by Gasteiger charge is -2.33. The minimum Gasteiger partial charge on any atom is -0.508 e. The van der Waals surface area contributed by atoms with Crippen molar-refractivity contribution in [1.29, 1.82) is 0 Å². The molecule has 104 valence electrons. The topological polar surface area (TPSA) is 40.5 Å². The van der Waals surface area contributed by atoms with Crippen LogP contribution < -0.4 is 0 Å². The highest BCUT2D eigenvalue weighted by molar-refractivity contribution is 5.79. The first-order valence-electron chi connectivity index (χ1n) is 7.28. The lowest BCUT2D eigenvalue weighted by atomic mass is 9.93. The maximum atomic E-state index is 12.4. The van der Waals surface area contributed by atoms with Gasteiger partial charge >= 0.3 is 0 Å². The second-order valence-corrected chi connectivity index (χ2v) is 5.28. The highest BCUT2D eigenvalue weighted by Crippen LogP contribution is 2.24. The number of phenolic OH excluding ortho intramolecular Hbond substituents is 1. The van der Waals surface area contributed by atoms with Gasteiger partial charge in [0.25, 0.3) is 0 Å². The fourth-order valence-electron chi connectivity index (χ4n) is 2.96. The summed E-state index contributed by atoms with van der Waals surface area (Å²) in [6.45, 7) is 2.80. The number of carbonyl (C=O) groups is 1. The van der Waals surface area contributed by atoms with E-state index in [1.54, 1.807) is 12.1 Å². The van der Waals surface area contributed by atoms with Crippen molar-refractivity contribution in [3.63, 3.8) is 0 Å². The smallest absolute Gasteiger partial charge is 0.227 e. The minimum atomic E-state index is 0.135. The molecule has 1 aromatic rings. The summed E-state index contributed by atoms with van der Waals surface area (Å²) < 4.78 is 0. The summed E-state index contributed by atoms with van der Waals surface area (Å²) >= 11 is 0. The summed E-state index contributed by atoms with van der Waals surface area (Å²) in [7, 11) is 0. The van der Waals surface area contributed by atoms with E-state index in [0.717, 1.165) is 24.9 Å². The first-order chi connectivity index (χ1) is 9.22. The summed E-state index contributed by atoms with van der Waals surface area (Å²) in [4.78, 5) is 14.4. The lowest BCUT2D eigenvalue weighted by Crippen LogP contribution is -2.42. The molecule has 1 aromatic carbocycles. The number of hydrogen-bond donors (Lipinski definition) is 1. The molecular weight excluding hydrogens is 238 g/mol. The van der Waals surface area contributed by atoms with Crippen LogP contribution in [0.1, 0.15) is 44.6 Å². The number of para-hydroxylation sites is 1. The number of nitrogens with zero attached hydrogens (tertiary/aromatic N) is 1. The van der Waals surface area contributed by atoms with Gasteiger partial charge in [0.2, 0.25) is 5.91 Å². The van der Waals surface area contributed by atoms with Crippen molar-refractivity contribution in [3.05, 3.63) is 29.8 Å². The molecule has 0 aliphatic heterocycles. The van der Waals surface area contributed by atoms with Gasteiger partial charge in [0.05, 0.1) is 6.42 Å². The molecule has 0 spiro atoms. The van der Waals surface area contributed by atoms with Gasteiger partial charge < -0.3 is 10.0 Å². The van der Waals surface area contributed by atoms with Crippen LogP contribution in [0.15, 0.2) is 24.3 Å². The fourth-order valence-corrected chi connectivity index (χ4v) is 2.96. The number of hydrogen-bond acceptors (Lipinski definition) is 2. The van der Waals surface area contributed by atoms with E-state index in [1.807, 2.05) is 24.0 Å². The maximum Gasteiger partial charge on any atom is 0.227 e. The van der Waals surface area contributed by atoms with Crippen LogP contribution in [0.3, 0.4) is 0 Å². The predicted octanol–water partition coefficient (Wildman–Crippen LogP) is 3.12. The first kappa shape index (κ1) is 13.9. The van der Waals surface area contributed by atoms with E-state index < -0.39 is 0 Å². The number of carbonyl (C=O) groups excluding carboxylic acids is 1. The summed E-state index contributed by atoms with van der Waals surface area (Å²) in [5.74, 6) is 0.353. The molecule has 2 rings (SSSR count). The first-order valence-corrected chi connectivity index (χ1v) is 7.28. The number of benzene rings is 1. The highest BCUT2D eigenvalue weighted by atomic mass is 16.3. The number of amides is 1. The van der Waals surface area contributed by atoms with Crippen molar-refractivity contribution in [2.45, 2.75) is 51.5 Å². The minimum absolute atomic E-state index is 0.135. The van der Waals surface area contributed by atoms with Crippen LogP contribution in [0.4, 0.5) is 0 Å². The average molecular weight is 261 g/mol. The Morgan fingerprint density at radius 3 is 2.58 bits per heavy atom. The van der Waals surface area contributed by atoms with Crippen molar-refractivity contribution >= 4 is 5.91 Å². The molecule has 1 N–H and O–H groups in total. The molecule has 1 fully saturated rings. The molecule has 0 aromatic heterocycles. The quantitative estimate of drug-likeness (QED) is 0.904. The molecule has 1 amide bonds. The van der Waals surface area contributed by atoms with Crippen LogP contribution >= 0.6 is 0 Å². The molecule has 1 aliphatic rings. The second-order valence-electron chi connectivity index (χ2n) is 5.28. The molecule has 1 saturated carbocycles. The Kier molecular flexibility index (Phi) is 4.83. The van der Waals surface area contributed by atoms with Crippen molar-refractivity contribution in [3.8, 4) is 5.75 Å². The fraction of sp³-hybridized carbons (Fsp3) is 0.562. The largest absolute Gasteiger partial charge is 0.508 e. The van der Waals surface area contributed by atoms with Gasteiger partial charge in [-0.05, 0) is 25.8 Å². The van der Waals surface area contributed by atoms with Crippen LogP contribution in [-0.4, -0.2) is 28.5 Å². The summed E-state index contributed by atoms with van der Waals surface area (Å²) in [5, 5.41) is 9.75. The van der Waals surface area contributed by atoms with E-state index in [9.17, 15) is 9.90 Å². The number of phenols is 1. The molecule has 0 unspecified atom stereocenters. The zero-order valence-corrected chi connectivity index (χ0v) is 11.6. The third-order valence-electron chi connectivity index (χ3n) is 4.01. The Balaban J connectivity index is 2.02. The molecule has 3 nitrogen and oxygen atoms in total. The molecule has 3 heteroatoms. The van der Waals surface area contributed by atoms with Crippen molar-refractivity contribution in [2.24, 2.45) is 0 Å². The van der Waals surface area contributed by atoms with Crippen LogP contribution in [0, 0.1) is 0 Å². The van der Waals surface area contributed by atoms with Gasteiger partial charge in [0.15, 0.2) is 0 Å². The molecule has 0 heterocycles. The highest BCUT2D eigenvalue weighted by Gasteiger charge is 2.24. The Labute approximate surface area is 115 Å². The normalized spacial score (nSPS) is 16.3. The summed E-state index contributed by atoms with van der Waals surface area (Å²) in [5.41, 5.74) is 0.724. The van der Waals surface area contributed by atoms with Crippen LogP contribution in [-0.2, 0) is 11.2 Å². The zero-order chi connectivity index (χ0) is 13.7. The van der Waals surface area contributed by atoms with Gasteiger partial charge in [0.1, 0.15) is 5.75 Å². The standard InChI is InChI=1S/C16H23NO2/c1-2-17(14-9-4-3-5-10-14)16(19)12-13-8-6-7-11-15(13)18/h6-8,11,14,18H,2-5,9-10,12H2,1H3. The number of likely N-dealkylation sites (N-methyl/N-ethyl adjacent to an activating group) is 1. The predicted molar refractivity (Wildman–Crippen MR) is 76.1 cm³/mol. The van der Waals surface area contributed by atoms with Gasteiger partial charge in [-0.25, -0.2) is 0 Å². The van der Waals surface area contributed by atoms with Crippen molar-refractivity contribution in [1.82, 2.24) is 4.90 Å². The van der Waals surface area contributed by atoms with Crippen molar-refractivity contribution < 1.29 is 9.90 Å². The average Bonchev–Trinajstić information content (AvgIpc) is 2.43. The molecule has 0 atom stereocenters. The van der Waals surface area contributed by atoms with Gasteiger partial charge in [-0.3, -0.25) is 4.79 Å². The molecule has 1 aliphatic carbocycles. The Hall–Kier alpha value is -1.51. The van der Waals surface area contributed by atoms with Crippen LogP contribution in [0.5, 0.6) is 5.75 Å². The Morgan fingerprint density at radius 2 is 1.95 bits per heavy atom. The van der Waals surface area contributed by atoms with E-state index in [2.05, 4.69) is 0 Å². The Morgan fingerprint density at radius 1 is 1.26 bits per heavy atom. The Bertz CT molecular complexity index is 425. The van der Waals surface area contributed by atoms with Gasteiger partial charge in [-0.15, -0.1) is 0 Å². The van der Waals surface area contributed by atoms with E-state index in [-0.39, 0.29) is 11.7 Å². The molecular formula is C16H23NO2. The summed E-state index contributed by atoms with van der Waals surface area (Å²) in [6.07, 6.45) is 6.30. The lowest BCUT2D eigenvalue weighted by molar-refractivity contribution is -0.133. The third-order valence-corrected chi connectivity index (χ3v) is 4.01. The van der Waals surface area contributed by atoms with Crippen LogP contribution in [0.25, 0.3) is 0 Å². The van der Waals surface area contributed by atoms with Gasteiger partial charge in [-0.2, -0.15) is 0 Å². The molecule has 0 radical (unpaired) electrons. The monoisotopic (exact) mass is 261 g/mol. The SMILES string of the molecule is CCN(C(=O)Cc1ccccc1O)C1CCCCC1.